The lowest BCUT2D eigenvalue weighted by Crippen LogP contribution is -2.34. The van der Waals surface area contributed by atoms with Crippen LogP contribution >= 0.6 is 0 Å². The lowest BCUT2D eigenvalue weighted by Gasteiger charge is -2.23. The van der Waals surface area contributed by atoms with Gasteiger partial charge in [-0.25, -0.2) is 0 Å². The van der Waals surface area contributed by atoms with Crippen molar-refractivity contribution in [2.45, 2.75) is 33.2 Å². The van der Waals surface area contributed by atoms with Gasteiger partial charge in [0.1, 0.15) is 0 Å². The van der Waals surface area contributed by atoms with Crippen molar-refractivity contribution in [2.75, 3.05) is 13.2 Å². The van der Waals surface area contributed by atoms with Crippen LogP contribution in [-0.4, -0.2) is 39.2 Å². The maximum absolute atomic E-state index is 11.6. The van der Waals surface area contributed by atoms with Crippen LogP contribution < -0.4 is 5.32 Å². The van der Waals surface area contributed by atoms with Crippen LogP contribution in [0.25, 0.3) is 0 Å². The number of aromatic nitrogens is 3. The molecule has 6 heteroatoms. The van der Waals surface area contributed by atoms with Crippen LogP contribution in [0.1, 0.15) is 26.7 Å². The van der Waals surface area contributed by atoms with E-state index in [9.17, 15) is 4.79 Å². The van der Waals surface area contributed by atoms with E-state index in [1.54, 1.807) is 17.1 Å². The Morgan fingerprint density at radius 3 is 2.88 bits per heavy atom. The number of amides is 1. The monoisotopic (exact) mass is 240 g/mol. The second-order valence-corrected chi connectivity index (χ2v) is 4.83. The van der Waals surface area contributed by atoms with Crippen molar-refractivity contribution >= 4 is 5.91 Å². The summed E-state index contributed by atoms with van der Waals surface area (Å²) in [5.74, 6) is -0.00786. The molecule has 96 valence electrons. The average molecular weight is 240 g/mol. The molecular weight excluding hydrogens is 220 g/mol. The molecule has 0 saturated heterocycles. The molecule has 0 atom stereocenters. The molecule has 6 nitrogen and oxygen atoms in total. The zero-order valence-corrected chi connectivity index (χ0v) is 10.4. The topological polar surface area (TPSA) is 80.0 Å². The quantitative estimate of drug-likeness (QED) is 0.713. The normalized spacial score (nSPS) is 11.5. The van der Waals surface area contributed by atoms with Gasteiger partial charge in [-0.1, -0.05) is 19.1 Å². The molecule has 0 radical (unpaired) electrons. The third-order valence-electron chi connectivity index (χ3n) is 2.59. The number of hydrogen-bond donors (Lipinski definition) is 2. The molecule has 1 heterocycles. The summed E-state index contributed by atoms with van der Waals surface area (Å²) in [4.78, 5) is 11.6. The molecule has 0 spiro atoms. The van der Waals surface area contributed by atoms with Gasteiger partial charge in [-0.2, -0.15) is 0 Å². The Hall–Kier alpha value is -1.43. The highest BCUT2D eigenvalue weighted by atomic mass is 16.3. The maximum atomic E-state index is 11.6. The molecule has 2 N–H and O–H groups in total. The second kappa shape index (κ2) is 6.34. The van der Waals surface area contributed by atoms with Crippen LogP contribution in [-0.2, 0) is 11.3 Å². The van der Waals surface area contributed by atoms with Crippen LogP contribution in [0.4, 0.5) is 0 Å². The molecule has 0 unspecified atom stereocenters. The van der Waals surface area contributed by atoms with E-state index in [1.807, 2.05) is 13.8 Å². The third kappa shape index (κ3) is 5.44. The fourth-order valence-corrected chi connectivity index (χ4v) is 1.39. The van der Waals surface area contributed by atoms with Gasteiger partial charge >= 0.3 is 0 Å². The molecule has 0 aromatic carbocycles. The standard InChI is InChI=1S/C11H20N4O2/c1-11(2,4-8-16)9-12-10(17)3-6-15-7-5-13-14-15/h5,7,16H,3-4,6,8-9H2,1-2H3,(H,12,17). The molecule has 0 aliphatic carbocycles. The number of hydrogen-bond acceptors (Lipinski definition) is 4. The van der Waals surface area contributed by atoms with E-state index in [-0.39, 0.29) is 17.9 Å². The van der Waals surface area contributed by atoms with Gasteiger partial charge < -0.3 is 10.4 Å². The van der Waals surface area contributed by atoms with Crippen molar-refractivity contribution in [3.63, 3.8) is 0 Å². The summed E-state index contributed by atoms with van der Waals surface area (Å²) >= 11 is 0. The van der Waals surface area contributed by atoms with E-state index < -0.39 is 0 Å². The Labute approximate surface area is 101 Å². The van der Waals surface area contributed by atoms with Gasteiger partial charge in [-0.15, -0.1) is 5.10 Å². The van der Waals surface area contributed by atoms with Gasteiger partial charge in [-0.05, 0) is 11.8 Å². The summed E-state index contributed by atoms with van der Waals surface area (Å²) in [6, 6.07) is 0. The molecule has 17 heavy (non-hydrogen) atoms. The summed E-state index contributed by atoms with van der Waals surface area (Å²) in [7, 11) is 0. The van der Waals surface area contributed by atoms with E-state index >= 15 is 0 Å². The van der Waals surface area contributed by atoms with E-state index in [0.717, 1.165) is 0 Å². The largest absolute Gasteiger partial charge is 0.396 e. The van der Waals surface area contributed by atoms with E-state index in [4.69, 9.17) is 5.11 Å². The predicted octanol–water partition coefficient (Wildman–Crippen LogP) is 0.193. The molecule has 0 aliphatic heterocycles. The Morgan fingerprint density at radius 2 is 2.29 bits per heavy atom. The minimum atomic E-state index is -0.0718. The van der Waals surface area contributed by atoms with Gasteiger partial charge in [-0.3, -0.25) is 9.48 Å². The Kier molecular flexibility index (Phi) is 5.09. The number of aliphatic hydroxyl groups excluding tert-OH is 1. The first-order chi connectivity index (χ1) is 8.03. The summed E-state index contributed by atoms with van der Waals surface area (Å²) in [5, 5.41) is 19.2. The van der Waals surface area contributed by atoms with Crippen molar-refractivity contribution in [1.82, 2.24) is 20.3 Å². The van der Waals surface area contributed by atoms with Gasteiger partial charge in [0.05, 0.1) is 12.7 Å². The van der Waals surface area contributed by atoms with Gasteiger partial charge in [0.25, 0.3) is 0 Å². The highest BCUT2D eigenvalue weighted by Gasteiger charge is 2.17. The Bertz CT molecular complexity index is 335. The number of nitrogens with zero attached hydrogens (tertiary/aromatic N) is 3. The molecule has 1 aromatic heterocycles. The number of carbonyl (C=O) groups is 1. The first kappa shape index (κ1) is 13.6. The van der Waals surface area contributed by atoms with E-state index in [2.05, 4.69) is 15.6 Å². The maximum Gasteiger partial charge on any atom is 0.221 e. The molecule has 1 aromatic rings. The van der Waals surface area contributed by atoms with Crippen LogP contribution in [0.2, 0.25) is 0 Å². The smallest absolute Gasteiger partial charge is 0.221 e. The van der Waals surface area contributed by atoms with Crippen LogP contribution in [0.5, 0.6) is 0 Å². The average Bonchev–Trinajstić information content (AvgIpc) is 2.76. The van der Waals surface area contributed by atoms with Gasteiger partial charge in [0.2, 0.25) is 5.91 Å². The van der Waals surface area contributed by atoms with E-state index in [0.29, 0.717) is 25.9 Å². The van der Waals surface area contributed by atoms with Crippen LogP contribution in [0, 0.1) is 5.41 Å². The highest BCUT2D eigenvalue weighted by molar-refractivity contribution is 5.75. The Morgan fingerprint density at radius 1 is 1.53 bits per heavy atom. The number of aryl methyl sites for hydroxylation is 1. The summed E-state index contributed by atoms with van der Waals surface area (Å²) in [6.45, 7) is 5.28. The van der Waals surface area contributed by atoms with Crippen molar-refractivity contribution < 1.29 is 9.90 Å². The van der Waals surface area contributed by atoms with Gasteiger partial charge in [0, 0.05) is 25.8 Å². The number of rotatable bonds is 7. The predicted molar refractivity (Wildman–Crippen MR) is 63.1 cm³/mol. The molecule has 1 rings (SSSR count). The lowest BCUT2D eigenvalue weighted by atomic mass is 9.90. The molecule has 0 aliphatic rings. The third-order valence-corrected chi connectivity index (χ3v) is 2.59. The zero-order valence-electron chi connectivity index (χ0n) is 10.4. The van der Waals surface area contributed by atoms with Crippen molar-refractivity contribution in [1.29, 1.82) is 0 Å². The Balaban J connectivity index is 2.21. The molecule has 0 saturated carbocycles. The number of nitrogens with one attached hydrogen (secondary N) is 1. The highest BCUT2D eigenvalue weighted by Crippen LogP contribution is 2.17. The SMILES string of the molecule is CC(C)(CCO)CNC(=O)CCn1ccnn1. The van der Waals surface area contributed by atoms with Crippen molar-refractivity contribution in [3.8, 4) is 0 Å². The molecular formula is C11H20N4O2. The summed E-state index contributed by atoms with van der Waals surface area (Å²) in [6.07, 6.45) is 4.38. The first-order valence-corrected chi connectivity index (χ1v) is 5.75. The fourth-order valence-electron chi connectivity index (χ4n) is 1.39. The van der Waals surface area contributed by atoms with Gasteiger partial charge in [0.15, 0.2) is 0 Å². The lowest BCUT2D eigenvalue weighted by molar-refractivity contribution is -0.121. The number of aliphatic hydroxyl groups is 1. The summed E-state index contributed by atoms with van der Waals surface area (Å²) in [5.41, 5.74) is -0.0718. The van der Waals surface area contributed by atoms with Crippen LogP contribution in [0.15, 0.2) is 12.4 Å². The second-order valence-electron chi connectivity index (χ2n) is 4.83. The molecule has 0 fully saturated rings. The van der Waals surface area contributed by atoms with Crippen molar-refractivity contribution in [3.05, 3.63) is 12.4 Å². The van der Waals surface area contributed by atoms with Crippen LogP contribution in [0.3, 0.4) is 0 Å². The molecule has 0 bridgehead atoms. The zero-order chi connectivity index (χ0) is 12.7. The van der Waals surface area contributed by atoms with E-state index in [1.165, 1.54) is 0 Å². The first-order valence-electron chi connectivity index (χ1n) is 5.75. The van der Waals surface area contributed by atoms with Crippen molar-refractivity contribution in [2.24, 2.45) is 5.41 Å². The molecule has 1 amide bonds. The minimum absolute atomic E-state index is 0.00786. The number of carbonyl (C=O) groups excluding carboxylic acids is 1. The summed E-state index contributed by atoms with van der Waals surface area (Å²) < 4.78 is 1.62. The fraction of sp³-hybridized carbons (Fsp3) is 0.727. The minimum Gasteiger partial charge on any atom is -0.396 e.